The molecule has 2 rings (SSSR count). The van der Waals surface area contributed by atoms with Gasteiger partial charge in [-0.3, -0.25) is 4.79 Å². The van der Waals surface area contributed by atoms with E-state index >= 15 is 0 Å². The zero-order chi connectivity index (χ0) is 13.7. The first-order valence-corrected chi connectivity index (χ1v) is 7.92. The predicted octanol–water partition coefficient (Wildman–Crippen LogP) is 1.35. The average molecular weight is 267 g/mol. The number of nitrogens with two attached hydrogens (primary N) is 1. The Labute approximate surface area is 117 Å². The number of hydrogen-bond acceptors (Lipinski definition) is 3. The SMILES string of the molecule is CC1CC(C(=O)NCCCN2CCCC2)CCC1N. The molecule has 0 aromatic rings. The molecule has 2 fully saturated rings. The summed E-state index contributed by atoms with van der Waals surface area (Å²) in [6.07, 6.45) is 6.67. The van der Waals surface area contributed by atoms with Crippen molar-refractivity contribution >= 4 is 5.91 Å². The summed E-state index contributed by atoms with van der Waals surface area (Å²) < 4.78 is 0. The van der Waals surface area contributed by atoms with Gasteiger partial charge in [0.05, 0.1) is 0 Å². The van der Waals surface area contributed by atoms with Crippen molar-refractivity contribution in [2.24, 2.45) is 17.6 Å². The topological polar surface area (TPSA) is 58.4 Å². The summed E-state index contributed by atoms with van der Waals surface area (Å²) in [6.45, 7) is 6.61. The molecule has 0 aromatic carbocycles. The summed E-state index contributed by atoms with van der Waals surface area (Å²) in [6, 6.07) is 0.291. The third-order valence-corrected chi connectivity index (χ3v) is 4.76. The van der Waals surface area contributed by atoms with E-state index in [1.54, 1.807) is 0 Å². The van der Waals surface area contributed by atoms with E-state index in [-0.39, 0.29) is 11.8 Å². The van der Waals surface area contributed by atoms with E-state index in [0.29, 0.717) is 12.0 Å². The van der Waals surface area contributed by atoms with Gasteiger partial charge in [-0.2, -0.15) is 0 Å². The van der Waals surface area contributed by atoms with Gasteiger partial charge >= 0.3 is 0 Å². The number of carbonyl (C=O) groups is 1. The molecule has 1 saturated heterocycles. The van der Waals surface area contributed by atoms with E-state index in [1.807, 2.05) is 0 Å². The van der Waals surface area contributed by atoms with Crippen LogP contribution in [0.4, 0.5) is 0 Å². The van der Waals surface area contributed by atoms with Crippen molar-refractivity contribution in [2.75, 3.05) is 26.2 Å². The minimum Gasteiger partial charge on any atom is -0.356 e. The number of amides is 1. The van der Waals surface area contributed by atoms with E-state index in [4.69, 9.17) is 5.73 Å². The zero-order valence-corrected chi connectivity index (χ0v) is 12.2. The smallest absolute Gasteiger partial charge is 0.223 e. The minimum atomic E-state index is 0.196. The van der Waals surface area contributed by atoms with E-state index in [1.165, 1.54) is 25.9 Å². The summed E-state index contributed by atoms with van der Waals surface area (Å²) >= 11 is 0. The molecule has 0 bridgehead atoms. The highest BCUT2D eigenvalue weighted by atomic mass is 16.1. The highest BCUT2D eigenvalue weighted by Crippen LogP contribution is 2.27. The molecule has 2 aliphatic rings. The fourth-order valence-corrected chi connectivity index (χ4v) is 3.32. The molecule has 3 atom stereocenters. The molecule has 4 heteroatoms. The van der Waals surface area contributed by atoms with Crippen molar-refractivity contribution < 1.29 is 4.79 Å². The van der Waals surface area contributed by atoms with Crippen LogP contribution < -0.4 is 11.1 Å². The van der Waals surface area contributed by atoms with Crippen LogP contribution in [0.25, 0.3) is 0 Å². The molecule has 0 spiro atoms. The summed E-state index contributed by atoms with van der Waals surface area (Å²) in [5.74, 6) is 0.927. The van der Waals surface area contributed by atoms with Gasteiger partial charge in [-0.15, -0.1) is 0 Å². The highest BCUT2D eigenvalue weighted by molar-refractivity contribution is 5.78. The molecular formula is C15H29N3O. The Hall–Kier alpha value is -0.610. The first kappa shape index (κ1) is 14.8. The highest BCUT2D eigenvalue weighted by Gasteiger charge is 2.29. The molecule has 1 heterocycles. The van der Waals surface area contributed by atoms with E-state index in [9.17, 15) is 4.79 Å². The summed E-state index contributed by atoms with van der Waals surface area (Å²) in [5.41, 5.74) is 5.99. The third-order valence-electron chi connectivity index (χ3n) is 4.76. The van der Waals surface area contributed by atoms with Crippen LogP contribution in [0, 0.1) is 11.8 Å². The van der Waals surface area contributed by atoms with Crippen LogP contribution in [0.5, 0.6) is 0 Å². The maximum Gasteiger partial charge on any atom is 0.223 e. The van der Waals surface area contributed by atoms with Gasteiger partial charge in [-0.1, -0.05) is 6.92 Å². The molecule has 1 saturated carbocycles. The van der Waals surface area contributed by atoms with Crippen LogP contribution in [0.1, 0.15) is 45.4 Å². The lowest BCUT2D eigenvalue weighted by Gasteiger charge is -2.31. The van der Waals surface area contributed by atoms with Crippen molar-refractivity contribution in [2.45, 2.75) is 51.5 Å². The van der Waals surface area contributed by atoms with Crippen LogP contribution in [-0.2, 0) is 4.79 Å². The molecule has 1 aliphatic heterocycles. The Morgan fingerprint density at radius 3 is 2.74 bits per heavy atom. The van der Waals surface area contributed by atoms with Crippen LogP contribution >= 0.6 is 0 Å². The van der Waals surface area contributed by atoms with Crippen LogP contribution in [0.2, 0.25) is 0 Å². The number of hydrogen-bond donors (Lipinski definition) is 2. The summed E-state index contributed by atoms with van der Waals surface area (Å²) in [7, 11) is 0. The number of carbonyl (C=O) groups excluding carboxylic acids is 1. The van der Waals surface area contributed by atoms with Crippen LogP contribution in [-0.4, -0.2) is 43.0 Å². The Kier molecular flexibility index (Phi) is 5.64. The lowest BCUT2D eigenvalue weighted by atomic mass is 9.79. The van der Waals surface area contributed by atoms with Crippen molar-refractivity contribution in [3.05, 3.63) is 0 Å². The summed E-state index contributed by atoms with van der Waals surface area (Å²) in [5, 5.41) is 3.11. The lowest BCUT2D eigenvalue weighted by molar-refractivity contribution is -0.126. The molecule has 1 amide bonds. The number of rotatable bonds is 5. The quantitative estimate of drug-likeness (QED) is 0.739. The Bertz CT molecular complexity index is 289. The maximum atomic E-state index is 12.1. The lowest BCUT2D eigenvalue weighted by Crippen LogP contribution is -2.41. The van der Waals surface area contributed by atoms with Gasteiger partial charge in [-0.05, 0) is 64.1 Å². The van der Waals surface area contributed by atoms with Gasteiger partial charge in [-0.25, -0.2) is 0 Å². The van der Waals surface area contributed by atoms with Crippen molar-refractivity contribution in [1.82, 2.24) is 10.2 Å². The van der Waals surface area contributed by atoms with Gasteiger partial charge < -0.3 is 16.0 Å². The zero-order valence-electron chi connectivity index (χ0n) is 12.2. The molecule has 4 nitrogen and oxygen atoms in total. The van der Waals surface area contributed by atoms with Gasteiger partial charge in [0.1, 0.15) is 0 Å². The molecule has 110 valence electrons. The Balaban J connectivity index is 1.58. The van der Waals surface area contributed by atoms with E-state index in [0.717, 1.165) is 38.8 Å². The second kappa shape index (κ2) is 7.25. The first-order valence-electron chi connectivity index (χ1n) is 7.92. The largest absolute Gasteiger partial charge is 0.356 e. The maximum absolute atomic E-state index is 12.1. The molecule has 19 heavy (non-hydrogen) atoms. The number of nitrogens with one attached hydrogen (secondary N) is 1. The van der Waals surface area contributed by atoms with E-state index in [2.05, 4.69) is 17.1 Å². The Morgan fingerprint density at radius 2 is 2.05 bits per heavy atom. The first-order chi connectivity index (χ1) is 9.16. The second-order valence-electron chi connectivity index (χ2n) is 6.34. The monoisotopic (exact) mass is 267 g/mol. The molecule has 0 aromatic heterocycles. The van der Waals surface area contributed by atoms with Crippen LogP contribution in [0.15, 0.2) is 0 Å². The number of nitrogens with zero attached hydrogens (tertiary/aromatic N) is 1. The van der Waals surface area contributed by atoms with Crippen molar-refractivity contribution in [1.29, 1.82) is 0 Å². The fraction of sp³-hybridized carbons (Fsp3) is 0.933. The standard InChI is InChI=1S/C15H29N3O/c1-12-11-13(5-6-14(12)16)15(19)17-7-4-10-18-8-2-3-9-18/h12-14H,2-11,16H2,1H3,(H,17,19). The second-order valence-corrected chi connectivity index (χ2v) is 6.34. The number of likely N-dealkylation sites (tertiary alicyclic amines) is 1. The fourth-order valence-electron chi connectivity index (χ4n) is 3.32. The molecular weight excluding hydrogens is 238 g/mol. The normalized spacial score (nSPS) is 32.4. The third kappa shape index (κ3) is 4.46. The van der Waals surface area contributed by atoms with Gasteiger partial charge in [0.2, 0.25) is 5.91 Å². The molecule has 0 radical (unpaired) electrons. The van der Waals surface area contributed by atoms with Gasteiger partial charge in [0.25, 0.3) is 0 Å². The van der Waals surface area contributed by atoms with Crippen molar-refractivity contribution in [3.8, 4) is 0 Å². The van der Waals surface area contributed by atoms with E-state index < -0.39 is 0 Å². The van der Waals surface area contributed by atoms with Gasteiger partial charge in [0.15, 0.2) is 0 Å². The van der Waals surface area contributed by atoms with Gasteiger partial charge in [0, 0.05) is 18.5 Å². The van der Waals surface area contributed by atoms with Crippen molar-refractivity contribution in [3.63, 3.8) is 0 Å². The molecule has 1 aliphatic carbocycles. The predicted molar refractivity (Wildman–Crippen MR) is 77.8 cm³/mol. The van der Waals surface area contributed by atoms with Crippen LogP contribution in [0.3, 0.4) is 0 Å². The minimum absolute atomic E-state index is 0.196. The summed E-state index contributed by atoms with van der Waals surface area (Å²) in [4.78, 5) is 14.6. The molecule has 3 N–H and O–H groups in total. The molecule has 3 unspecified atom stereocenters. The average Bonchev–Trinajstić information content (AvgIpc) is 2.91. The Morgan fingerprint density at radius 1 is 1.32 bits per heavy atom.